The van der Waals surface area contributed by atoms with E-state index in [0.29, 0.717) is 12.3 Å². The van der Waals surface area contributed by atoms with Crippen molar-refractivity contribution in [3.8, 4) is 0 Å². The maximum absolute atomic E-state index is 12.0. The molecule has 0 spiro atoms. The Balaban J connectivity index is 1.82. The number of nitrogens with one attached hydrogen (secondary N) is 1. The molecule has 1 aromatic rings. The van der Waals surface area contributed by atoms with E-state index in [2.05, 4.69) is 21.2 Å². The maximum atomic E-state index is 12.0. The van der Waals surface area contributed by atoms with Crippen molar-refractivity contribution in [3.05, 3.63) is 20.8 Å². The number of hydrogen-bond donors (Lipinski definition) is 1. The van der Waals surface area contributed by atoms with Gasteiger partial charge in [0, 0.05) is 18.5 Å². The van der Waals surface area contributed by atoms with Gasteiger partial charge in [-0.25, -0.2) is 0 Å². The van der Waals surface area contributed by atoms with Crippen molar-refractivity contribution in [1.82, 2.24) is 10.2 Å². The highest BCUT2D eigenvalue weighted by molar-refractivity contribution is 9.11. The summed E-state index contributed by atoms with van der Waals surface area (Å²) in [5.74, 6) is 0.838. The molecule has 1 atom stereocenters. The number of carbonyl (C=O) groups is 1. The van der Waals surface area contributed by atoms with Crippen LogP contribution in [0, 0.1) is 5.92 Å². The van der Waals surface area contributed by atoms with Crippen molar-refractivity contribution in [1.29, 1.82) is 0 Å². The summed E-state index contributed by atoms with van der Waals surface area (Å²) in [4.78, 5) is 15.0. The maximum Gasteiger partial charge on any atom is 0.227 e. The Hall–Kier alpha value is -0.390. The van der Waals surface area contributed by atoms with Crippen LogP contribution in [0.2, 0.25) is 0 Å². The molecule has 17 heavy (non-hydrogen) atoms. The minimum absolute atomic E-state index is 0.214. The number of rotatable bonds is 4. The molecule has 2 heterocycles. The Kier molecular flexibility index (Phi) is 4.59. The predicted molar refractivity (Wildman–Crippen MR) is 74.3 cm³/mol. The summed E-state index contributed by atoms with van der Waals surface area (Å²) in [7, 11) is 1.91. The van der Waals surface area contributed by atoms with Crippen LogP contribution in [0.15, 0.2) is 15.9 Å². The first-order chi connectivity index (χ1) is 8.15. The number of thiophene rings is 1. The predicted octanol–water partition coefficient (Wildman–Crippen LogP) is 2.12. The van der Waals surface area contributed by atoms with Gasteiger partial charge in [0.25, 0.3) is 0 Å². The fourth-order valence-electron chi connectivity index (χ4n) is 2.09. The van der Waals surface area contributed by atoms with Crippen LogP contribution in [0.4, 0.5) is 0 Å². The van der Waals surface area contributed by atoms with E-state index in [0.717, 1.165) is 28.3 Å². The summed E-state index contributed by atoms with van der Waals surface area (Å²) in [5.41, 5.74) is 0. The summed E-state index contributed by atoms with van der Waals surface area (Å²) in [6, 6.07) is 4.01. The van der Waals surface area contributed by atoms with E-state index in [1.807, 2.05) is 24.1 Å². The molecule has 0 aromatic carbocycles. The Morgan fingerprint density at radius 2 is 2.47 bits per heavy atom. The van der Waals surface area contributed by atoms with Crippen molar-refractivity contribution in [2.45, 2.75) is 12.8 Å². The first kappa shape index (κ1) is 13.1. The summed E-state index contributed by atoms with van der Waals surface area (Å²) in [6.07, 6.45) is 1.70. The van der Waals surface area contributed by atoms with Crippen LogP contribution in [-0.2, 0) is 11.2 Å². The standard InChI is InChI=1S/C12H17BrN2OS/c1-15(8-9-4-5-14-7-9)12(16)6-10-2-3-11(13)17-10/h2-3,9,14H,4-8H2,1H3. The molecule has 1 saturated heterocycles. The fraction of sp³-hybridized carbons (Fsp3) is 0.583. The lowest BCUT2D eigenvalue weighted by molar-refractivity contribution is -0.129. The fourth-order valence-corrected chi connectivity index (χ4v) is 3.56. The highest BCUT2D eigenvalue weighted by Crippen LogP contribution is 2.22. The number of carbonyl (C=O) groups excluding carboxylic acids is 1. The van der Waals surface area contributed by atoms with Crippen molar-refractivity contribution in [3.63, 3.8) is 0 Å². The third-order valence-corrected chi connectivity index (χ3v) is 4.70. The number of halogens is 1. The lowest BCUT2D eigenvalue weighted by Crippen LogP contribution is -2.33. The van der Waals surface area contributed by atoms with Gasteiger partial charge in [-0.2, -0.15) is 0 Å². The molecule has 0 bridgehead atoms. The Morgan fingerprint density at radius 3 is 3.06 bits per heavy atom. The molecule has 1 N–H and O–H groups in total. The summed E-state index contributed by atoms with van der Waals surface area (Å²) in [6.45, 7) is 3.01. The number of hydrogen-bond acceptors (Lipinski definition) is 3. The lowest BCUT2D eigenvalue weighted by Gasteiger charge is -2.20. The van der Waals surface area contributed by atoms with Gasteiger partial charge in [-0.1, -0.05) is 0 Å². The molecule has 1 aliphatic heterocycles. The molecule has 1 aliphatic rings. The van der Waals surface area contributed by atoms with Gasteiger partial charge in [0.05, 0.1) is 10.2 Å². The van der Waals surface area contributed by atoms with E-state index >= 15 is 0 Å². The average molecular weight is 317 g/mol. The zero-order valence-corrected chi connectivity index (χ0v) is 12.3. The Labute approximate surface area is 114 Å². The Morgan fingerprint density at radius 1 is 1.65 bits per heavy atom. The van der Waals surface area contributed by atoms with E-state index in [-0.39, 0.29) is 5.91 Å². The van der Waals surface area contributed by atoms with Gasteiger partial charge >= 0.3 is 0 Å². The van der Waals surface area contributed by atoms with Gasteiger partial charge in [-0.15, -0.1) is 11.3 Å². The summed E-state index contributed by atoms with van der Waals surface area (Å²) < 4.78 is 1.09. The summed E-state index contributed by atoms with van der Waals surface area (Å²) in [5, 5.41) is 3.33. The molecule has 5 heteroatoms. The molecular weight excluding hydrogens is 300 g/mol. The molecular formula is C12H17BrN2OS. The van der Waals surface area contributed by atoms with Crippen LogP contribution in [0.1, 0.15) is 11.3 Å². The molecule has 1 amide bonds. The zero-order chi connectivity index (χ0) is 12.3. The zero-order valence-electron chi connectivity index (χ0n) is 9.91. The van der Waals surface area contributed by atoms with Crippen molar-refractivity contribution in [2.24, 2.45) is 5.92 Å². The number of nitrogens with zero attached hydrogens (tertiary/aromatic N) is 1. The van der Waals surface area contributed by atoms with E-state index in [1.165, 1.54) is 6.42 Å². The Bertz CT molecular complexity index is 388. The van der Waals surface area contributed by atoms with Crippen molar-refractivity contribution >= 4 is 33.2 Å². The molecule has 1 fully saturated rings. The van der Waals surface area contributed by atoms with E-state index in [9.17, 15) is 4.79 Å². The van der Waals surface area contributed by atoms with Crippen molar-refractivity contribution in [2.75, 3.05) is 26.7 Å². The second-order valence-corrected chi connectivity index (χ2v) is 7.06. The van der Waals surface area contributed by atoms with Crippen LogP contribution in [0.3, 0.4) is 0 Å². The van der Waals surface area contributed by atoms with E-state index in [1.54, 1.807) is 11.3 Å². The summed E-state index contributed by atoms with van der Waals surface area (Å²) >= 11 is 5.05. The highest BCUT2D eigenvalue weighted by atomic mass is 79.9. The van der Waals surface area contributed by atoms with E-state index in [4.69, 9.17) is 0 Å². The molecule has 0 saturated carbocycles. The molecule has 2 rings (SSSR count). The van der Waals surface area contributed by atoms with Gasteiger partial charge in [-0.3, -0.25) is 4.79 Å². The van der Waals surface area contributed by atoms with Gasteiger partial charge in [0.15, 0.2) is 0 Å². The van der Waals surface area contributed by atoms with Gasteiger partial charge < -0.3 is 10.2 Å². The molecule has 3 nitrogen and oxygen atoms in total. The smallest absolute Gasteiger partial charge is 0.227 e. The monoisotopic (exact) mass is 316 g/mol. The third-order valence-electron chi connectivity index (χ3n) is 3.07. The third kappa shape index (κ3) is 3.79. The SMILES string of the molecule is CN(CC1CCNC1)C(=O)Cc1ccc(Br)s1. The molecule has 94 valence electrons. The normalized spacial score (nSPS) is 19.5. The molecule has 1 aromatic heterocycles. The minimum atomic E-state index is 0.214. The minimum Gasteiger partial charge on any atom is -0.345 e. The largest absolute Gasteiger partial charge is 0.345 e. The topological polar surface area (TPSA) is 32.3 Å². The number of amides is 1. The first-order valence-electron chi connectivity index (χ1n) is 5.84. The van der Waals surface area contributed by atoms with Gasteiger partial charge in [-0.05, 0) is 53.5 Å². The molecule has 1 unspecified atom stereocenters. The van der Waals surface area contributed by atoms with E-state index < -0.39 is 0 Å². The molecule has 0 radical (unpaired) electrons. The highest BCUT2D eigenvalue weighted by Gasteiger charge is 2.19. The van der Waals surface area contributed by atoms with Crippen LogP contribution in [-0.4, -0.2) is 37.5 Å². The quantitative estimate of drug-likeness (QED) is 0.923. The average Bonchev–Trinajstić information content (AvgIpc) is 2.90. The second-order valence-electron chi connectivity index (χ2n) is 4.52. The second kappa shape index (κ2) is 5.98. The van der Waals surface area contributed by atoms with Gasteiger partial charge in [0.2, 0.25) is 5.91 Å². The number of likely N-dealkylation sites (N-methyl/N-ethyl adjacent to an activating group) is 1. The van der Waals surface area contributed by atoms with Crippen LogP contribution < -0.4 is 5.32 Å². The molecule has 0 aliphatic carbocycles. The van der Waals surface area contributed by atoms with Crippen LogP contribution >= 0.6 is 27.3 Å². The van der Waals surface area contributed by atoms with Gasteiger partial charge in [0.1, 0.15) is 0 Å². The first-order valence-corrected chi connectivity index (χ1v) is 7.45. The van der Waals surface area contributed by atoms with Crippen LogP contribution in [0.25, 0.3) is 0 Å². The van der Waals surface area contributed by atoms with Crippen molar-refractivity contribution < 1.29 is 4.79 Å². The lowest BCUT2D eigenvalue weighted by atomic mass is 10.1. The van der Waals surface area contributed by atoms with Crippen LogP contribution in [0.5, 0.6) is 0 Å².